The van der Waals surface area contributed by atoms with E-state index in [2.05, 4.69) is 10.2 Å². The van der Waals surface area contributed by atoms with Crippen LogP contribution in [0.2, 0.25) is 0 Å². The molecule has 1 aromatic heterocycles. The van der Waals surface area contributed by atoms with E-state index in [1.807, 2.05) is 24.2 Å². The quantitative estimate of drug-likeness (QED) is 0.663. The average molecular weight is 156 g/mol. The molecule has 1 aromatic rings. The number of H-pyrrole nitrogens is 1. The number of ether oxygens (including phenoxy) is 1. The van der Waals surface area contributed by atoms with Gasteiger partial charge in [0.05, 0.1) is 12.8 Å². The van der Waals surface area contributed by atoms with Gasteiger partial charge in [0.2, 0.25) is 0 Å². The normalized spacial score (nSPS) is 25.4. The van der Waals surface area contributed by atoms with Crippen molar-refractivity contribution in [2.24, 2.45) is 0 Å². The van der Waals surface area contributed by atoms with E-state index in [0.717, 1.165) is 17.9 Å². The fourth-order valence-electron chi connectivity index (χ4n) is 0.941. The molecule has 1 atom stereocenters. The SMILES string of the molecule is c1n[nH]cc1C1OCCS1. The van der Waals surface area contributed by atoms with Crippen LogP contribution in [0.15, 0.2) is 12.4 Å². The second-order valence-electron chi connectivity index (χ2n) is 2.11. The Kier molecular flexibility index (Phi) is 1.65. The standard InChI is InChI=1S/C6H8N2OS/c1-2-10-6(9-1)5-3-7-8-4-5/h3-4,6H,1-2H2,(H,7,8). The molecule has 0 amide bonds. The number of hydrogen-bond donors (Lipinski definition) is 1. The zero-order chi connectivity index (χ0) is 6.81. The summed E-state index contributed by atoms with van der Waals surface area (Å²) < 4.78 is 5.40. The predicted molar refractivity (Wildman–Crippen MR) is 39.7 cm³/mol. The van der Waals surface area contributed by atoms with Crippen molar-refractivity contribution in [2.45, 2.75) is 5.44 Å². The highest BCUT2D eigenvalue weighted by Crippen LogP contribution is 2.33. The number of aromatic nitrogens is 2. The molecule has 0 aliphatic carbocycles. The molecule has 0 spiro atoms. The fourth-order valence-corrected chi connectivity index (χ4v) is 1.86. The van der Waals surface area contributed by atoms with Crippen molar-refractivity contribution < 1.29 is 4.74 Å². The van der Waals surface area contributed by atoms with E-state index in [0.29, 0.717) is 0 Å². The summed E-state index contributed by atoms with van der Waals surface area (Å²) in [5.41, 5.74) is 1.36. The Hall–Kier alpha value is -0.480. The summed E-state index contributed by atoms with van der Waals surface area (Å²) in [7, 11) is 0. The molecule has 1 N–H and O–H groups in total. The molecule has 0 radical (unpaired) electrons. The van der Waals surface area contributed by atoms with Crippen LogP contribution in [0.4, 0.5) is 0 Å². The molecule has 0 saturated carbocycles. The first-order chi connectivity index (χ1) is 4.97. The molecule has 1 aliphatic heterocycles. The van der Waals surface area contributed by atoms with E-state index in [1.165, 1.54) is 0 Å². The molecule has 2 heterocycles. The van der Waals surface area contributed by atoms with Crippen molar-refractivity contribution in [3.05, 3.63) is 18.0 Å². The van der Waals surface area contributed by atoms with Crippen molar-refractivity contribution in [3.8, 4) is 0 Å². The second-order valence-corrected chi connectivity index (χ2v) is 3.27. The molecule has 1 saturated heterocycles. The summed E-state index contributed by atoms with van der Waals surface area (Å²) in [4.78, 5) is 0. The maximum absolute atomic E-state index is 5.40. The Morgan fingerprint density at radius 2 is 2.80 bits per heavy atom. The van der Waals surface area contributed by atoms with Crippen molar-refractivity contribution in [3.63, 3.8) is 0 Å². The highest BCUT2D eigenvalue weighted by Gasteiger charge is 2.18. The van der Waals surface area contributed by atoms with Crippen LogP contribution in [0, 0.1) is 0 Å². The van der Waals surface area contributed by atoms with Gasteiger partial charge in [-0.3, -0.25) is 5.10 Å². The third-order valence-corrected chi connectivity index (χ3v) is 2.53. The smallest absolute Gasteiger partial charge is 0.131 e. The molecule has 1 aliphatic rings. The molecule has 2 rings (SSSR count). The highest BCUT2D eigenvalue weighted by molar-refractivity contribution is 7.99. The van der Waals surface area contributed by atoms with Gasteiger partial charge in [0.15, 0.2) is 0 Å². The molecular weight excluding hydrogens is 148 g/mol. The number of thioether (sulfide) groups is 1. The summed E-state index contributed by atoms with van der Waals surface area (Å²) in [6, 6.07) is 0. The Balaban J connectivity index is 2.12. The lowest BCUT2D eigenvalue weighted by Gasteiger charge is -2.02. The Labute approximate surface area is 63.2 Å². The van der Waals surface area contributed by atoms with E-state index in [4.69, 9.17) is 4.74 Å². The van der Waals surface area contributed by atoms with Crippen LogP contribution in [-0.4, -0.2) is 22.6 Å². The predicted octanol–water partition coefficient (Wildman–Crippen LogP) is 1.17. The van der Waals surface area contributed by atoms with Crippen molar-refractivity contribution in [2.75, 3.05) is 12.4 Å². The third kappa shape index (κ3) is 1.04. The van der Waals surface area contributed by atoms with E-state index < -0.39 is 0 Å². The minimum absolute atomic E-state index is 0.221. The van der Waals surface area contributed by atoms with Gasteiger partial charge in [0.1, 0.15) is 5.44 Å². The van der Waals surface area contributed by atoms with E-state index >= 15 is 0 Å². The lowest BCUT2D eigenvalue weighted by atomic mass is 10.4. The van der Waals surface area contributed by atoms with Gasteiger partial charge in [0.25, 0.3) is 0 Å². The van der Waals surface area contributed by atoms with Gasteiger partial charge >= 0.3 is 0 Å². The highest BCUT2D eigenvalue weighted by atomic mass is 32.2. The number of nitrogens with zero attached hydrogens (tertiary/aromatic N) is 1. The fraction of sp³-hybridized carbons (Fsp3) is 0.500. The van der Waals surface area contributed by atoms with E-state index in [1.54, 1.807) is 0 Å². The minimum Gasteiger partial charge on any atom is -0.362 e. The summed E-state index contributed by atoms with van der Waals surface area (Å²) in [5, 5.41) is 6.61. The van der Waals surface area contributed by atoms with Crippen LogP contribution in [0.1, 0.15) is 11.0 Å². The Morgan fingerprint density at radius 3 is 3.40 bits per heavy atom. The first kappa shape index (κ1) is 6.24. The first-order valence-corrected chi connectivity index (χ1v) is 4.23. The Bertz CT molecular complexity index is 194. The maximum atomic E-state index is 5.40. The molecule has 10 heavy (non-hydrogen) atoms. The van der Waals surface area contributed by atoms with Crippen molar-refractivity contribution in [1.82, 2.24) is 10.2 Å². The lowest BCUT2D eigenvalue weighted by molar-refractivity contribution is 0.145. The number of hydrogen-bond acceptors (Lipinski definition) is 3. The van der Waals surface area contributed by atoms with Gasteiger partial charge in [-0.05, 0) is 0 Å². The first-order valence-electron chi connectivity index (χ1n) is 3.19. The van der Waals surface area contributed by atoms with Gasteiger partial charge in [0, 0.05) is 17.5 Å². The van der Waals surface area contributed by atoms with Crippen LogP contribution in [0.3, 0.4) is 0 Å². The van der Waals surface area contributed by atoms with Crippen LogP contribution < -0.4 is 0 Å². The average Bonchev–Trinajstić information content (AvgIpc) is 2.59. The third-order valence-electron chi connectivity index (χ3n) is 1.41. The zero-order valence-electron chi connectivity index (χ0n) is 5.41. The van der Waals surface area contributed by atoms with Gasteiger partial charge in [-0.2, -0.15) is 5.10 Å². The van der Waals surface area contributed by atoms with Gasteiger partial charge in [-0.25, -0.2) is 0 Å². The second kappa shape index (κ2) is 2.64. The molecule has 4 heteroatoms. The monoisotopic (exact) mass is 156 g/mol. The summed E-state index contributed by atoms with van der Waals surface area (Å²) in [6.45, 7) is 0.862. The largest absolute Gasteiger partial charge is 0.362 e. The lowest BCUT2D eigenvalue weighted by Crippen LogP contribution is -1.89. The van der Waals surface area contributed by atoms with Gasteiger partial charge < -0.3 is 4.74 Å². The summed E-state index contributed by atoms with van der Waals surface area (Å²) >= 11 is 1.82. The van der Waals surface area contributed by atoms with E-state index in [-0.39, 0.29) is 5.44 Å². The summed E-state index contributed by atoms with van der Waals surface area (Å²) in [5.74, 6) is 1.09. The number of rotatable bonds is 1. The van der Waals surface area contributed by atoms with Crippen LogP contribution in [0.25, 0.3) is 0 Å². The van der Waals surface area contributed by atoms with Gasteiger partial charge in [-0.15, -0.1) is 11.8 Å². The van der Waals surface area contributed by atoms with Crippen molar-refractivity contribution >= 4 is 11.8 Å². The minimum atomic E-state index is 0.221. The molecule has 54 valence electrons. The molecular formula is C6H8N2OS. The molecule has 3 nitrogen and oxygen atoms in total. The van der Waals surface area contributed by atoms with Crippen LogP contribution >= 0.6 is 11.8 Å². The Morgan fingerprint density at radius 1 is 1.80 bits per heavy atom. The van der Waals surface area contributed by atoms with Crippen molar-refractivity contribution in [1.29, 1.82) is 0 Å². The number of aromatic amines is 1. The molecule has 1 unspecified atom stereocenters. The topological polar surface area (TPSA) is 37.9 Å². The maximum Gasteiger partial charge on any atom is 0.131 e. The molecule has 1 fully saturated rings. The molecule has 0 aromatic carbocycles. The van der Waals surface area contributed by atoms with Gasteiger partial charge in [-0.1, -0.05) is 0 Å². The zero-order valence-corrected chi connectivity index (χ0v) is 6.23. The summed E-state index contributed by atoms with van der Waals surface area (Å²) in [6.07, 6.45) is 3.69. The van der Waals surface area contributed by atoms with Crippen LogP contribution in [0.5, 0.6) is 0 Å². The number of nitrogens with one attached hydrogen (secondary N) is 1. The van der Waals surface area contributed by atoms with Crippen LogP contribution in [-0.2, 0) is 4.74 Å². The van der Waals surface area contributed by atoms with E-state index in [9.17, 15) is 0 Å². The molecule has 0 bridgehead atoms.